The summed E-state index contributed by atoms with van der Waals surface area (Å²) in [6.45, 7) is 1.83. The van der Waals surface area contributed by atoms with Gasteiger partial charge in [-0.2, -0.15) is 5.10 Å². The van der Waals surface area contributed by atoms with E-state index in [1.165, 1.54) is 12.1 Å². The molecule has 1 heterocycles. The summed E-state index contributed by atoms with van der Waals surface area (Å²) in [5.41, 5.74) is 10.6. The van der Waals surface area contributed by atoms with E-state index >= 15 is 0 Å². The number of guanidine groups is 1. The van der Waals surface area contributed by atoms with E-state index in [-0.39, 0.29) is 16.9 Å². The normalized spacial score (nSPS) is 16.3. The molecule has 3 N–H and O–H groups in total. The molecule has 27 heavy (non-hydrogen) atoms. The molecule has 2 aromatic rings. The average molecular weight is 402 g/mol. The van der Waals surface area contributed by atoms with Crippen LogP contribution in [0.5, 0.6) is 0 Å². The Bertz CT molecular complexity index is 939. The summed E-state index contributed by atoms with van der Waals surface area (Å²) in [6.07, 6.45) is 1.94. The van der Waals surface area contributed by atoms with Crippen LogP contribution in [0.25, 0.3) is 0 Å². The second kappa shape index (κ2) is 8.24. The number of hydrogen-bond acceptors (Lipinski definition) is 7. The zero-order valence-electron chi connectivity index (χ0n) is 14.3. The third-order valence-electron chi connectivity index (χ3n) is 3.77. The first-order valence-electron chi connectivity index (χ1n) is 7.95. The van der Waals surface area contributed by atoms with Gasteiger partial charge in [-0.15, -0.1) is 11.8 Å². The predicted octanol–water partition coefficient (Wildman–Crippen LogP) is 4.26. The Balaban J connectivity index is 1.97. The van der Waals surface area contributed by atoms with E-state index in [9.17, 15) is 10.1 Å². The van der Waals surface area contributed by atoms with Crippen LogP contribution in [0.3, 0.4) is 0 Å². The van der Waals surface area contributed by atoms with Gasteiger partial charge in [0.05, 0.1) is 21.6 Å². The van der Waals surface area contributed by atoms with E-state index < -0.39 is 4.92 Å². The fourth-order valence-electron chi connectivity index (χ4n) is 2.38. The molecule has 9 heteroatoms. The summed E-state index contributed by atoms with van der Waals surface area (Å²) < 4.78 is 0. The maximum Gasteiger partial charge on any atom is 0.269 e. The average Bonchev–Trinajstić information content (AvgIpc) is 2.66. The quantitative estimate of drug-likeness (QED) is 0.442. The Labute approximate surface area is 165 Å². The standard InChI is InChI=1S/C18H16ClN5O2S/c1-11-16(21-18(20)23-22-11)10-17(27-15-8-4-13(19)5-9-15)12-2-6-14(7-3-12)24(25)26/h2-10,17H,1H3,(H3,20,21,23)/b16-10+. The number of allylic oxidation sites excluding steroid dienone is 1. The van der Waals surface area contributed by atoms with Gasteiger partial charge < -0.3 is 5.73 Å². The van der Waals surface area contributed by atoms with E-state index in [2.05, 4.69) is 15.5 Å². The van der Waals surface area contributed by atoms with Crippen molar-refractivity contribution in [2.24, 2.45) is 15.8 Å². The third-order valence-corrected chi connectivity index (χ3v) is 5.23. The summed E-state index contributed by atoms with van der Waals surface area (Å²) in [5, 5.41) is 15.5. The number of benzene rings is 2. The lowest BCUT2D eigenvalue weighted by atomic mass is 10.1. The van der Waals surface area contributed by atoms with Crippen molar-refractivity contribution in [3.05, 3.63) is 81.0 Å². The predicted molar refractivity (Wildman–Crippen MR) is 109 cm³/mol. The van der Waals surface area contributed by atoms with Crippen molar-refractivity contribution in [1.29, 1.82) is 0 Å². The number of non-ortho nitro benzene ring substituents is 1. The third kappa shape index (κ3) is 4.87. The van der Waals surface area contributed by atoms with Crippen molar-refractivity contribution in [3.63, 3.8) is 0 Å². The van der Waals surface area contributed by atoms with Crippen LogP contribution in [-0.2, 0) is 0 Å². The molecule has 1 aliphatic heterocycles. The number of hydrazone groups is 1. The number of rotatable bonds is 5. The van der Waals surface area contributed by atoms with Crippen molar-refractivity contribution in [1.82, 2.24) is 5.43 Å². The fraction of sp³-hybridized carbons (Fsp3) is 0.111. The Hall–Kier alpha value is -2.84. The molecule has 0 fully saturated rings. The molecule has 3 rings (SSSR count). The van der Waals surface area contributed by atoms with Gasteiger partial charge in [-0.1, -0.05) is 23.7 Å². The molecule has 1 atom stereocenters. The lowest BCUT2D eigenvalue weighted by Crippen LogP contribution is -2.31. The molecule has 0 aliphatic carbocycles. The van der Waals surface area contributed by atoms with Gasteiger partial charge in [0, 0.05) is 22.1 Å². The smallest absolute Gasteiger partial charge is 0.269 e. The van der Waals surface area contributed by atoms with Gasteiger partial charge in [0.2, 0.25) is 5.96 Å². The molecule has 138 valence electrons. The second-order valence-electron chi connectivity index (χ2n) is 5.70. The van der Waals surface area contributed by atoms with Crippen molar-refractivity contribution in [2.75, 3.05) is 0 Å². The first-order chi connectivity index (χ1) is 12.9. The van der Waals surface area contributed by atoms with Gasteiger partial charge >= 0.3 is 0 Å². The van der Waals surface area contributed by atoms with Gasteiger partial charge in [-0.3, -0.25) is 10.1 Å². The van der Waals surface area contributed by atoms with Gasteiger partial charge in [0.25, 0.3) is 5.69 Å². The number of nitrogens with zero attached hydrogens (tertiary/aromatic N) is 3. The minimum absolute atomic E-state index is 0.0449. The maximum atomic E-state index is 10.9. The SMILES string of the molecule is CC1=NNC(N)=N/C1=C/C(Sc1ccc(Cl)cc1)c1ccc([N+](=O)[O-])cc1. The molecule has 2 aromatic carbocycles. The number of aliphatic imine (C=N–C) groups is 1. The first kappa shape index (κ1) is 18.9. The van der Waals surface area contributed by atoms with Crippen LogP contribution >= 0.6 is 23.4 Å². The lowest BCUT2D eigenvalue weighted by molar-refractivity contribution is -0.384. The Morgan fingerprint density at radius 1 is 1.22 bits per heavy atom. The minimum Gasteiger partial charge on any atom is -0.368 e. The molecule has 0 amide bonds. The molecule has 0 saturated carbocycles. The van der Waals surface area contributed by atoms with Crippen molar-refractivity contribution >= 4 is 40.7 Å². The molecule has 0 radical (unpaired) electrons. The molecular formula is C18H16ClN5O2S. The van der Waals surface area contributed by atoms with Crippen LogP contribution in [0, 0.1) is 10.1 Å². The number of nitro groups is 1. The van der Waals surface area contributed by atoms with Crippen molar-refractivity contribution in [3.8, 4) is 0 Å². The summed E-state index contributed by atoms with van der Waals surface area (Å²) in [4.78, 5) is 15.8. The molecule has 0 aromatic heterocycles. The monoisotopic (exact) mass is 401 g/mol. The highest BCUT2D eigenvalue weighted by atomic mass is 35.5. The number of thioether (sulfide) groups is 1. The topological polar surface area (TPSA) is 106 Å². The number of nitro benzene ring substituents is 1. The van der Waals surface area contributed by atoms with E-state index in [4.69, 9.17) is 17.3 Å². The van der Waals surface area contributed by atoms with Crippen LogP contribution in [0.2, 0.25) is 5.02 Å². The van der Waals surface area contributed by atoms with Gasteiger partial charge in [-0.25, -0.2) is 10.4 Å². The van der Waals surface area contributed by atoms with Gasteiger partial charge in [0.15, 0.2) is 0 Å². The highest BCUT2D eigenvalue weighted by Crippen LogP contribution is 2.38. The zero-order chi connectivity index (χ0) is 19.4. The second-order valence-corrected chi connectivity index (χ2v) is 7.35. The summed E-state index contributed by atoms with van der Waals surface area (Å²) in [5.74, 6) is 0.214. The minimum atomic E-state index is -0.418. The fourth-order valence-corrected chi connectivity index (χ4v) is 3.58. The number of nitrogens with one attached hydrogen (secondary N) is 1. The summed E-state index contributed by atoms with van der Waals surface area (Å²) in [7, 11) is 0. The molecule has 0 spiro atoms. The first-order valence-corrected chi connectivity index (χ1v) is 9.21. The Morgan fingerprint density at radius 3 is 2.52 bits per heavy atom. The molecule has 0 saturated heterocycles. The van der Waals surface area contributed by atoms with Crippen LogP contribution in [-0.4, -0.2) is 16.6 Å². The van der Waals surface area contributed by atoms with Crippen LogP contribution in [0.1, 0.15) is 17.7 Å². The van der Waals surface area contributed by atoms with Gasteiger partial charge in [0.1, 0.15) is 0 Å². The van der Waals surface area contributed by atoms with E-state index in [1.54, 1.807) is 23.9 Å². The maximum absolute atomic E-state index is 10.9. The molecule has 1 aliphatic rings. The van der Waals surface area contributed by atoms with Gasteiger partial charge in [-0.05, 0) is 42.8 Å². The Morgan fingerprint density at radius 2 is 1.89 bits per heavy atom. The highest BCUT2D eigenvalue weighted by molar-refractivity contribution is 7.99. The summed E-state index contributed by atoms with van der Waals surface area (Å²) in [6, 6.07) is 13.9. The Kier molecular flexibility index (Phi) is 5.78. The zero-order valence-corrected chi connectivity index (χ0v) is 15.9. The molecule has 7 nitrogen and oxygen atoms in total. The van der Waals surface area contributed by atoms with Crippen molar-refractivity contribution in [2.45, 2.75) is 17.1 Å². The highest BCUT2D eigenvalue weighted by Gasteiger charge is 2.17. The lowest BCUT2D eigenvalue weighted by Gasteiger charge is -2.17. The van der Waals surface area contributed by atoms with Crippen LogP contribution in [0.15, 0.2) is 75.3 Å². The molecule has 0 bridgehead atoms. The largest absolute Gasteiger partial charge is 0.368 e. The molecule has 1 unspecified atom stereocenters. The number of halogens is 1. The van der Waals surface area contributed by atoms with Crippen LogP contribution < -0.4 is 11.2 Å². The summed E-state index contributed by atoms with van der Waals surface area (Å²) >= 11 is 7.54. The van der Waals surface area contributed by atoms with Crippen molar-refractivity contribution < 1.29 is 4.92 Å². The van der Waals surface area contributed by atoms with E-state index in [1.807, 2.05) is 37.3 Å². The van der Waals surface area contributed by atoms with E-state index in [0.717, 1.165) is 10.5 Å². The number of nitrogens with two attached hydrogens (primary N) is 1. The van der Waals surface area contributed by atoms with E-state index in [0.29, 0.717) is 16.4 Å². The molecular weight excluding hydrogens is 386 g/mol. The number of hydrogen-bond donors (Lipinski definition) is 2. The van der Waals surface area contributed by atoms with Crippen LogP contribution in [0.4, 0.5) is 5.69 Å².